The predicted octanol–water partition coefficient (Wildman–Crippen LogP) is 5.38. The van der Waals surface area contributed by atoms with Crippen molar-refractivity contribution < 1.29 is 0 Å². The second kappa shape index (κ2) is 8.42. The molecule has 0 aliphatic heterocycles. The Kier molecular flexibility index (Phi) is 7.19. The average molecular weight is 268 g/mol. The molecule has 0 saturated carbocycles. The Morgan fingerprint density at radius 1 is 1.00 bits per heavy atom. The van der Waals surface area contributed by atoms with E-state index >= 15 is 0 Å². The van der Waals surface area contributed by atoms with Crippen molar-refractivity contribution in [2.75, 3.05) is 18.5 Å². The van der Waals surface area contributed by atoms with Crippen LogP contribution in [-0.2, 0) is 0 Å². The summed E-state index contributed by atoms with van der Waals surface area (Å²) in [7, 11) is 2.15. The van der Waals surface area contributed by atoms with Gasteiger partial charge >= 0.3 is 0 Å². The zero-order valence-electron chi connectivity index (χ0n) is 12.0. The molecule has 0 heterocycles. The molecular formula is C16H26ClN. The smallest absolute Gasteiger partial charge is 0.0407 e. The Morgan fingerprint density at radius 3 is 2.22 bits per heavy atom. The van der Waals surface area contributed by atoms with Gasteiger partial charge in [0, 0.05) is 24.3 Å². The van der Waals surface area contributed by atoms with Crippen molar-refractivity contribution in [2.24, 2.45) is 5.92 Å². The zero-order valence-corrected chi connectivity index (χ0v) is 12.7. The van der Waals surface area contributed by atoms with Gasteiger partial charge in [0.2, 0.25) is 0 Å². The first-order chi connectivity index (χ1) is 8.59. The second-order valence-corrected chi connectivity index (χ2v) is 5.93. The Hall–Kier alpha value is -0.690. The minimum atomic E-state index is 0.806. The molecule has 18 heavy (non-hydrogen) atoms. The lowest BCUT2D eigenvalue weighted by Crippen LogP contribution is -2.18. The number of rotatable bonds is 8. The molecule has 2 heteroatoms. The van der Waals surface area contributed by atoms with Gasteiger partial charge in [-0.1, -0.05) is 51.1 Å². The van der Waals surface area contributed by atoms with Gasteiger partial charge in [0.05, 0.1) is 0 Å². The Morgan fingerprint density at radius 2 is 1.61 bits per heavy atom. The normalized spacial score (nSPS) is 10.9. The van der Waals surface area contributed by atoms with E-state index in [9.17, 15) is 0 Å². The van der Waals surface area contributed by atoms with E-state index in [2.05, 4.69) is 37.9 Å². The van der Waals surface area contributed by atoms with E-state index in [0.29, 0.717) is 0 Å². The quantitative estimate of drug-likeness (QED) is 0.572. The SMILES string of the molecule is CC(C)CCCCCCN(C)c1ccc(Cl)cc1. The summed E-state index contributed by atoms with van der Waals surface area (Å²) in [5.41, 5.74) is 1.25. The lowest BCUT2D eigenvalue weighted by atomic mass is 10.0. The third-order valence-electron chi connectivity index (χ3n) is 3.29. The van der Waals surface area contributed by atoms with E-state index < -0.39 is 0 Å². The summed E-state index contributed by atoms with van der Waals surface area (Å²) in [5.74, 6) is 0.849. The van der Waals surface area contributed by atoms with Crippen LogP contribution in [0.1, 0.15) is 46.0 Å². The van der Waals surface area contributed by atoms with Gasteiger partial charge in [0.25, 0.3) is 0 Å². The molecule has 1 rings (SSSR count). The van der Waals surface area contributed by atoms with Crippen molar-refractivity contribution in [2.45, 2.75) is 46.0 Å². The molecule has 0 aromatic heterocycles. The predicted molar refractivity (Wildman–Crippen MR) is 82.6 cm³/mol. The summed E-state index contributed by atoms with van der Waals surface area (Å²) in [4.78, 5) is 2.30. The van der Waals surface area contributed by atoms with Crippen molar-refractivity contribution in [1.29, 1.82) is 0 Å². The highest BCUT2D eigenvalue weighted by Crippen LogP contribution is 2.17. The summed E-state index contributed by atoms with van der Waals surface area (Å²) in [6, 6.07) is 8.08. The van der Waals surface area contributed by atoms with Gasteiger partial charge in [0.1, 0.15) is 0 Å². The largest absolute Gasteiger partial charge is 0.375 e. The lowest BCUT2D eigenvalue weighted by Gasteiger charge is -2.19. The first-order valence-electron chi connectivity index (χ1n) is 7.06. The van der Waals surface area contributed by atoms with Gasteiger partial charge in [-0.2, -0.15) is 0 Å². The third kappa shape index (κ3) is 6.30. The van der Waals surface area contributed by atoms with Gasteiger partial charge in [-0.25, -0.2) is 0 Å². The monoisotopic (exact) mass is 267 g/mol. The number of nitrogens with zero attached hydrogens (tertiary/aromatic N) is 1. The van der Waals surface area contributed by atoms with E-state index in [1.807, 2.05) is 12.1 Å². The molecular weight excluding hydrogens is 242 g/mol. The van der Waals surface area contributed by atoms with Gasteiger partial charge < -0.3 is 4.90 Å². The van der Waals surface area contributed by atoms with Crippen molar-refractivity contribution in [3.63, 3.8) is 0 Å². The number of hydrogen-bond acceptors (Lipinski definition) is 1. The van der Waals surface area contributed by atoms with E-state index in [1.165, 1.54) is 37.8 Å². The van der Waals surface area contributed by atoms with Gasteiger partial charge in [-0.15, -0.1) is 0 Å². The minimum absolute atomic E-state index is 0.806. The molecule has 0 radical (unpaired) electrons. The van der Waals surface area contributed by atoms with Crippen molar-refractivity contribution in [3.8, 4) is 0 Å². The maximum absolute atomic E-state index is 5.88. The fourth-order valence-corrected chi connectivity index (χ4v) is 2.21. The van der Waals surface area contributed by atoms with E-state index in [4.69, 9.17) is 11.6 Å². The van der Waals surface area contributed by atoms with Crippen LogP contribution < -0.4 is 4.90 Å². The number of hydrogen-bond donors (Lipinski definition) is 0. The van der Waals surface area contributed by atoms with Gasteiger partial charge in [0.15, 0.2) is 0 Å². The number of benzene rings is 1. The Balaban J connectivity index is 2.13. The summed E-state index contributed by atoms with van der Waals surface area (Å²) < 4.78 is 0. The molecule has 0 aliphatic rings. The van der Waals surface area contributed by atoms with Crippen LogP contribution in [0.4, 0.5) is 5.69 Å². The van der Waals surface area contributed by atoms with Crippen LogP contribution >= 0.6 is 11.6 Å². The second-order valence-electron chi connectivity index (χ2n) is 5.49. The molecule has 0 unspecified atom stereocenters. The molecule has 1 aromatic carbocycles. The fraction of sp³-hybridized carbons (Fsp3) is 0.625. The summed E-state index contributed by atoms with van der Waals surface area (Å²) in [6.45, 7) is 5.73. The average Bonchev–Trinajstić information content (AvgIpc) is 2.34. The van der Waals surface area contributed by atoms with Gasteiger partial charge in [-0.3, -0.25) is 0 Å². The highest BCUT2D eigenvalue weighted by Gasteiger charge is 2.00. The van der Waals surface area contributed by atoms with Crippen LogP contribution in [-0.4, -0.2) is 13.6 Å². The molecule has 0 amide bonds. The molecule has 0 atom stereocenters. The summed E-state index contributed by atoms with van der Waals surface area (Å²) >= 11 is 5.88. The Labute approximate surface area is 117 Å². The molecule has 0 saturated heterocycles. The van der Waals surface area contributed by atoms with Crippen LogP contribution in [0.2, 0.25) is 5.02 Å². The van der Waals surface area contributed by atoms with Crippen LogP contribution in [0.15, 0.2) is 24.3 Å². The lowest BCUT2D eigenvalue weighted by molar-refractivity contribution is 0.520. The number of halogens is 1. The molecule has 0 spiro atoms. The molecule has 1 aromatic rings. The highest BCUT2D eigenvalue weighted by atomic mass is 35.5. The fourth-order valence-electron chi connectivity index (χ4n) is 2.08. The molecule has 0 aliphatic carbocycles. The molecule has 0 fully saturated rings. The van der Waals surface area contributed by atoms with Crippen LogP contribution in [0.3, 0.4) is 0 Å². The molecule has 1 nitrogen and oxygen atoms in total. The van der Waals surface area contributed by atoms with Crippen molar-refractivity contribution in [1.82, 2.24) is 0 Å². The topological polar surface area (TPSA) is 3.24 Å². The maximum atomic E-state index is 5.88. The number of anilines is 1. The van der Waals surface area contributed by atoms with Crippen molar-refractivity contribution >= 4 is 17.3 Å². The van der Waals surface area contributed by atoms with E-state index in [-0.39, 0.29) is 0 Å². The first-order valence-corrected chi connectivity index (χ1v) is 7.44. The first kappa shape index (κ1) is 15.4. The molecule has 102 valence electrons. The third-order valence-corrected chi connectivity index (χ3v) is 3.54. The minimum Gasteiger partial charge on any atom is -0.375 e. The highest BCUT2D eigenvalue weighted by molar-refractivity contribution is 6.30. The van der Waals surface area contributed by atoms with E-state index in [0.717, 1.165) is 17.5 Å². The number of unbranched alkanes of at least 4 members (excludes halogenated alkanes) is 3. The standard InChI is InChI=1S/C16H26ClN/c1-14(2)8-6-4-5-7-13-18(3)16-11-9-15(17)10-12-16/h9-12,14H,4-8,13H2,1-3H3. The zero-order chi connectivity index (χ0) is 13.4. The Bertz CT molecular complexity index is 318. The van der Waals surface area contributed by atoms with Gasteiger partial charge in [-0.05, 0) is 36.6 Å². The summed E-state index contributed by atoms with van der Waals surface area (Å²) in [6.07, 6.45) is 6.73. The molecule has 0 bridgehead atoms. The van der Waals surface area contributed by atoms with Crippen LogP contribution in [0, 0.1) is 5.92 Å². The maximum Gasteiger partial charge on any atom is 0.0407 e. The van der Waals surface area contributed by atoms with Crippen LogP contribution in [0.25, 0.3) is 0 Å². The van der Waals surface area contributed by atoms with Crippen molar-refractivity contribution in [3.05, 3.63) is 29.3 Å². The van der Waals surface area contributed by atoms with Crippen LogP contribution in [0.5, 0.6) is 0 Å². The molecule has 0 N–H and O–H groups in total. The van der Waals surface area contributed by atoms with E-state index in [1.54, 1.807) is 0 Å². The summed E-state index contributed by atoms with van der Waals surface area (Å²) in [5, 5.41) is 0.806.